The Bertz CT molecular complexity index is 833. The molecule has 1 atom stereocenters. The summed E-state index contributed by atoms with van der Waals surface area (Å²) in [4.78, 5) is 28.3. The Labute approximate surface area is 183 Å². The number of hydrogen-bond donors (Lipinski definition) is 1. The summed E-state index contributed by atoms with van der Waals surface area (Å²) >= 11 is 0. The summed E-state index contributed by atoms with van der Waals surface area (Å²) in [7, 11) is 0. The van der Waals surface area contributed by atoms with E-state index in [0.717, 1.165) is 6.42 Å². The minimum absolute atomic E-state index is 0.0474. The van der Waals surface area contributed by atoms with Crippen LogP contribution in [0.25, 0.3) is 0 Å². The van der Waals surface area contributed by atoms with E-state index in [0.29, 0.717) is 56.2 Å². The first kappa shape index (κ1) is 22.8. The Kier molecular flexibility index (Phi) is 8.44. The molecule has 0 aromatic heterocycles. The predicted molar refractivity (Wildman–Crippen MR) is 117 cm³/mol. The summed E-state index contributed by atoms with van der Waals surface area (Å²) in [6.07, 6.45) is 0.133. The van der Waals surface area contributed by atoms with Gasteiger partial charge in [-0.3, -0.25) is 9.69 Å². The maximum atomic E-state index is 12.5. The molecule has 1 aliphatic rings. The van der Waals surface area contributed by atoms with Crippen LogP contribution in [0.3, 0.4) is 0 Å². The molecule has 1 aliphatic heterocycles. The number of esters is 1. The lowest BCUT2D eigenvalue weighted by Gasteiger charge is -2.35. The normalized spacial score (nSPS) is 15.4. The highest BCUT2D eigenvalue weighted by Gasteiger charge is 2.23. The van der Waals surface area contributed by atoms with Gasteiger partial charge in [0.25, 0.3) is 5.91 Å². The minimum atomic E-state index is -0.648. The van der Waals surface area contributed by atoms with Crippen molar-refractivity contribution in [3.8, 4) is 5.75 Å². The van der Waals surface area contributed by atoms with Gasteiger partial charge >= 0.3 is 5.97 Å². The van der Waals surface area contributed by atoms with Crippen LogP contribution in [0.2, 0.25) is 0 Å². The van der Waals surface area contributed by atoms with Gasteiger partial charge in [-0.25, -0.2) is 4.79 Å². The van der Waals surface area contributed by atoms with E-state index in [-0.39, 0.29) is 18.5 Å². The first-order chi connectivity index (χ1) is 15.1. The van der Waals surface area contributed by atoms with Crippen molar-refractivity contribution in [3.05, 3.63) is 65.7 Å². The van der Waals surface area contributed by atoms with Crippen LogP contribution in [-0.2, 0) is 4.74 Å². The van der Waals surface area contributed by atoms with Gasteiger partial charge in [0.1, 0.15) is 18.5 Å². The van der Waals surface area contributed by atoms with E-state index in [1.807, 2.05) is 42.2 Å². The van der Waals surface area contributed by atoms with Crippen molar-refractivity contribution in [1.82, 2.24) is 9.80 Å². The molecular formula is C24H30N2O5. The lowest BCUT2D eigenvalue weighted by atomic mass is 10.2. The van der Waals surface area contributed by atoms with Gasteiger partial charge < -0.3 is 19.5 Å². The van der Waals surface area contributed by atoms with E-state index in [1.54, 1.807) is 24.3 Å². The topological polar surface area (TPSA) is 79.3 Å². The SMILES string of the molecule is CCCOC(=O)c1ccc(OC[C@@H](O)CN2CCN(C(=O)c3ccccc3)CC2)cc1. The molecule has 0 aliphatic carbocycles. The van der Waals surface area contributed by atoms with Gasteiger partial charge in [0.2, 0.25) is 0 Å². The highest BCUT2D eigenvalue weighted by atomic mass is 16.5. The second-order valence-corrected chi connectivity index (χ2v) is 7.58. The molecule has 166 valence electrons. The number of carbonyl (C=O) groups is 2. The first-order valence-corrected chi connectivity index (χ1v) is 10.7. The molecule has 7 heteroatoms. The van der Waals surface area contributed by atoms with Crippen molar-refractivity contribution in [2.24, 2.45) is 0 Å². The number of aliphatic hydroxyl groups excluding tert-OH is 1. The van der Waals surface area contributed by atoms with Crippen LogP contribution >= 0.6 is 0 Å². The van der Waals surface area contributed by atoms with Crippen molar-refractivity contribution in [3.63, 3.8) is 0 Å². The number of amides is 1. The number of benzene rings is 2. The van der Waals surface area contributed by atoms with Crippen LogP contribution in [0, 0.1) is 0 Å². The maximum absolute atomic E-state index is 12.5. The number of carbonyl (C=O) groups excluding carboxylic acids is 2. The fraction of sp³-hybridized carbons (Fsp3) is 0.417. The molecular weight excluding hydrogens is 396 g/mol. The second-order valence-electron chi connectivity index (χ2n) is 7.58. The Hall–Kier alpha value is -2.90. The quantitative estimate of drug-likeness (QED) is 0.621. The van der Waals surface area contributed by atoms with Gasteiger partial charge in [-0.1, -0.05) is 25.1 Å². The zero-order valence-corrected chi connectivity index (χ0v) is 17.9. The zero-order valence-electron chi connectivity index (χ0n) is 17.9. The van der Waals surface area contributed by atoms with Gasteiger partial charge in [-0.05, 0) is 42.8 Å². The highest BCUT2D eigenvalue weighted by Crippen LogP contribution is 2.14. The lowest BCUT2D eigenvalue weighted by molar-refractivity contribution is 0.0402. The molecule has 31 heavy (non-hydrogen) atoms. The van der Waals surface area contributed by atoms with Crippen molar-refractivity contribution in [2.45, 2.75) is 19.4 Å². The molecule has 0 unspecified atom stereocenters. The van der Waals surface area contributed by atoms with E-state index in [9.17, 15) is 14.7 Å². The third kappa shape index (κ3) is 6.80. The van der Waals surface area contributed by atoms with Gasteiger partial charge in [0.15, 0.2) is 0 Å². The largest absolute Gasteiger partial charge is 0.491 e. The standard InChI is InChI=1S/C24H30N2O5/c1-2-16-30-24(29)20-8-10-22(11-9-20)31-18-21(27)17-25-12-14-26(15-13-25)23(28)19-6-4-3-5-7-19/h3-11,21,27H,2,12-18H2,1H3/t21-/m0/s1. The Morgan fingerprint density at radius 2 is 1.65 bits per heavy atom. The van der Waals surface area contributed by atoms with Gasteiger partial charge in [-0.2, -0.15) is 0 Å². The Balaban J connectivity index is 1.38. The molecule has 1 amide bonds. The van der Waals surface area contributed by atoms with Crippen LogP contribution in [0.5, 0.6) is 5.75 Å². The van der Waals surface area contributed by atoms with Crippen molar-refractivity contribution >= 4 is 11.9 Å². The van der Waals surface area contributed by atoms with Crippen LogP contribution in [0.1, 0.15) is 34.1 Å². The van der Waals surface area contributed by atoms with E-state index in [2.05, 4.69) is 4.90 Å². The summed E-state index contributed by atoms with van der Waals surface area (Å²) in [5.74, 6) is 0.286. The first-order valence-electron chi connectivity index (χ1n) is 10.7. The van der Waals surface area contributed by atoms with E-state index in [1.165, 1.54) is 0 Å². The number of β-amino-alcohol motifs (C(OH)–C–C–N with tert-alkyl or cyclic N) is 1. The molecule has 1 fully saturated rings. The number of aliphatic hydroxyl groups is 1. The van der Waals surface area contributed by atoms with E-state index in [4.69, 9.17) is 9.47 Å². The predicted octanol–water partition coefficient (Wildman–Crippen LogP) is 2.45. The van der Waals surface area contributed by atoms with Crippen molar-refractivity contribution in [1.29, 1.82) is 0 Å². The van der Waals surface area contributed by atoms with Gasteiger partial charge in [-0.15, -0.1) is 0 Å². The number of piperazine rings is 1. The molecule has 0 radical (unpaired) electrons. The molecule has 0 bridgehead atoms. The van der Waals surface area contributed by atoms with E-state index < -0.39 is 6.10 Å². The summed E-state index contributed by atoms with van der Waals surface area (Å²) in [6.45, 7) is 5.68. The molecule has 1 heterocycles. The average Bonchev–Trinajstić information content (AvgIpc) is 2.82. The summed E-state index contributed by atoms with van der Waals surface area (Å²) in [5.41, 5.74) is 1.18. The minimum Gasteiger partial charge on any atom is -0.491 e. The van der Waals surface area contributed by atoms with Gasteiger partial charge in [0, 0.05) is 38.3 Å². The molecule has 7 nitrogen and oxygen atoms in total. The highest BCUT2D eigenvalue weighted by molar-refractivity contribution is 5.94. The van der Waals surface area contributed by atoms with Crippen LogP contribution in [0.15, 0.2) is 54.6 Å². The Morgan fingerprint density at radius 1 is 0.968 bits per heavy atom. The van der Waals surface area contributed by atoms with Crippen LogP contribution < -0.4 is 4.74 Å². The number of rotatable bonds is 9. The molecule has 0 saturated carbocycles. The average molecular weight is 427 g/mol. The van der Waals surface area contributed by atoms with Gasteiger partial charge in [0.05, 0.1) is 12.2 Å². The van der Waals surface area contributed by atoms with E-state index >= 15 is 0 Å². The van der Waals surface area contributed by atoms with Crippen molar-refractivity contribution < 1.29 is 24.2 Å². The third-order valence-corrected chi connectivity index (χ3v) is 5.12. The monoisotopic (exact) mass is 426 g/mol. The zero-order chi connectivity index (χ0) is 22.1. The maximum Gasteiger partial charge on any atom is 0.338 e. The second kappa shape index (κ2) is 11.5. The summed E-state index contributed by atoms with van der Waals surface area (Å²) in [6, 6.07) is 16.0. The molecule has 0 spiro atoms. The number of nitrogens with zero attached hydrogens (tertiary/aromatic N) is 2. The van der Waals surface area contributed by atoms with Crippen LogP contribution in [0.4, 0.5) is 0 Å². The molecule has 1 saturated heterocycles. The summed E-state index contributed by atoms with van der Waals surface area (Å²) < 4.78 is 10.7. The molecule has 2 aromatic carbocycles. The third-order valence-electron chi connectivity index (χ3n) is 5.12. The van der Waals surface area contributed by atoms with Crippen LogP contribution in [-0.4, -0.2) is 78.8 Å². The molecule has 1 N–H and O–H groups in total. The molecule has 3 rings (SSSR count). The fourth-order valence-electron chi connectivity index (χ4n) is 3.41. The van der Waals surface area contributed by atoms with Crippen molar-refractivity contribution in [2.75, 3.05) is 45.9 Å². The Morgan fingerprint density at radius 3 is 2.29 bits per heavy atom. The fourth-order valence-corrected chi connectivity index (χ4v) is 3.41. The smallest absolute Gasteiger partial charge is 0.338 e. The number of ether oxygens (including phenoxy) is 2. The molecule has 2 aromatic rings. The number of hydrogen-bond acceptors (Lipinski definition) is 6. The summed E-state index contributed by atoms with van der Waals surface area (Å²) in [5, 5.41) is 10.3. The lowest BCUT2D eigenvalue weighted by Crippen LogP contribution is -2.50.